The van der Waals surface area contributed by atoms with Crippen LogP contribution in [0.1, 0.15) is 37.7 Å². The maximum Gasteiger partial charge on any atom is 0.326 e. The molecule has 0 aliphatic rings. The molecule has 14 heteroatoms. The number of hydrogen-bond donors (Lipinski definition) is 7. The van der Waals surface area contributed by atoms with Crippen molar-refractivity contribution in [3.05, 3.63) is 35.9 Å². The number of thioether (sulfide) groups is 1. The zero-order valence-electron chi connectivity index (χ0n) is 21.2. The molecule has 0 radical (unpaired) electrons. The first kappa shape index (κ1) is 32.4. The Hall–Kier alpha value is -3.65. The first-order valence-corrected chi connectivity index (χ1v) is 13.3. The number of carboxylic acid groups (broad SMARTS) is 1. The molecule has 13 nitrogen and oxygen atoms in total. The molecule has 5 amide bonds. The SMILES string of the molecule is CSCCC(NC(=O)C(CCC(N)=O)NC(=O)C(N)Cc1ccccc1)C(=O)NC(CCC(N)=O)C(=O)O. The van der Waals surface area contributed by atoms with Crippen LogP contribution in [0.15, 0.2) is 30.3 Å². The molecule has 10 N–H and O–H groups in total. The lowest BCUT2D eigenvalue weighted by molar-refractivity contribution is -0.142. The summed E-state index contributed by atoms with van der Waals surface area (Å²) in [7, 11) is 0. The van der Waals surface area contributed by atoms with E-state index in [0.29, 0.717) is 5.75 Å². The molecule has 38 heavy (non-hydrogen) atoms. The zero-order chi connectivity index (χ0) is 28.7. The summed E-state index contributed by atoms with van der Waals surface area (Å²) in [5.74, 6) is -4.54. The van der Waals surface area contributed by atoms with Crippen LogP contribution >= 0.6 is 11.8 Å². The van der Waals surface area contributed by atoms with E-state index in [-0.39, 0.29) is 38.5 Å². The van der Waals surface area contributed by atoms with Gasteiger partial charge in [0.05, 0.1) is 6.04 Å². The van der Waals surface area contributed by atoms with Crippen molar-refractivity contribution in [3.63, 3.8) is 0 Å². The molecule has 0 aliphatic carbocycles. The molecule has 1 rings (SSSR count). The highest BCUT2D eigenvalue weighted by Gasteiger charge is 2.30. The summed E-state index contributed by atoms with van der Waals surface area (Å²) in [4.78, 5) is 72.6. The van der Waals surface area contributed by atoms with Crippen molar-refractivity contribution < 1.29 is 33.9 Å². The summed E-state index contributed by atoms with van der Waals surface area (Å²) < 4.78 is 0. The highest BCUT2D eigenvalue weighted by Crippen LogP contribution is 2.07. The van der Waals surface area contributed by atoms with Crippen LogP contribution in [0.2, 0.25) is 0 Å². The maximum atomic E-state index is 13.1. The second-order valence-electron chi connectivity index (χ2n) is 8.61. The Labute approximate surface area is 225 Å². The van der Waals surface area contributed by atoms with Gasteiger partial charge in [-0.3, -0.25) is 24.0 Å². The second kappa shape index (κ2) is 17.0. The first-order valence-electron chi connectivity index (χ1n) is 11.9. The predicted molar refractivity (Wildman–Crippen MR) is 141 cm³/mol. The highest BCUT2D eigenvalue weighted by atomic mass is 32.2. The summed E-state index contributed by atoms with van der Waals surface area (Å²) in [6, 6.07) is 4.24. The van der Waals surface area contributed by atoms with Gasteiger partial charge in [-0.1, -0.05) is 30.3 Å². The van der Waals surface area contributed by atoms with E-state index in [1.165, 1.54) is 11.8 Å². The van der Waals surface area contributed by atoms with Crippen molar-refractivity contribution in [3.8, 4) is 0 Å². The Morgan fingerprint density at radius 2 is 1.26 bits per heavy atom. The molecule has 0 fully saturated rings. The third-order valence-corrected chi connectivity index (χ3v) is 6.13. The molecule has 0 aliphatic heterocycles. The number of amides is 5. The van der Waals surface area contributed by atoms with Gasteiger partial charge in [0, 0.05) is 12.8 Å². The molecule has 0 bridgehead atoms. The van der Waals surface area contributed by atoms with Crippen LogP contribution in [0.5, 0.6) is 0 Å². The number of carboxylic acids is 1. The molecule has 0 spiro atoms. The number of nitrogens with two attached hydrogens (primary N) is 3. The molecule has 210 valence electrons. The topological polar surface area (TPSA) is 237 Å². The highest BCUT2D eigenvalue weighted by molar-refractivity contribution is 7.98. The lowest BCUT2D eigenvalue weighted by atomic mass is 10.0. The molecule has 4 unspecified atom stereocenters. The lowest BCUT2D eigenvalue weighted by Gasteiger charge is -2.25. The monoisotopic (exact) mass is 552 g/mol. The van der Waals surface area contributed by atoms with Gasteiger partial charge in [0.1, 0.15) is 18.1 Å². The van der Waals surface area contributed by atoms with Crippen LogP contribution in [0.3, 0.4) is 0 Å². The molecule has 0 aromatic heterocycles. The minimum atomic E-state index is -1.40. The van der Waals surface area contributed by atoms with Gasteiger partial charge in [-0.15, -0.1) is 0 Å². The molecule has 1 aromatic rings. The molecular formula is C24H36N6O7S. The fourth-order valence-electron chi connectivity index (χ4n) is 3.39. The van der Waals surface area contributed by atoms with Gasteiger partial charge in [-0.05, 0) is 43.3 Å². The van der Waals surface area contributed by atoms with Crippen LogP contribution in [-0.2, 0) is 35.2 Å². The van der Waals surface area contributed by atoms with E-state index in [4.69, 9.17) is 17.2 Å². The van der Waals surface area contributed by atoms with Gasteiger partial charge in [0.15, 0.2) is 0 Å². The van der Waals surface area contributed by atoms with Gasteiger partial charge < -0.3 is 38.3 Å². The van der Waals surface area contributed by atoms with Crippen molar-refractivity contribution in [1.82, 2.24) is 16.0 Å². The summed E-state index contributed by atoms with van der Waals surface area (Å²) in [6.45, 7) is 0. The maximum absolute atomic E-state index is 13.1. The number of primary amides is 2. The molecular weight excluding hydrogens is 516 g/mol. The number of benzene rings is 1. The lowest BCUT2D eigenvalue weighted by Crippen LogP contribution is -2.57. The Morgan fingerprint density at radius 3 is 1.76 bits per heavy atom. The Balaban J connectivity index is 2.97. The standard InChI is InChI=1S/C24H36N6O7S/c1-38-12-11-17(23(35)30-18(24(36)37)8-10-20(27)32)29-22(34)16(7-9-19(26)31)28-21(33)15(25)13-14-5-3-2-4-6-14/h2-6,15-18H,7-13,25H2,1H3,(H2,26,31)(H2,27,32)(H,28,33)(H,29,34)(H,30,35)(H,36,37). The third-order valence-electron chi connectivity index (χ3n) is 5.49. The number of rotatable bonds is 18. The summed E-state index contributed by atoms with van der Waals surface area (Å²) in [5.41, 5.74) is 17.1. The first-order chi connectivity index (χ1) is 17.9. The number of carbonyl (C=O) groups excluding carboxylic acids is 5. The Bertz CT molecular complexity index is 978. The van der Waals surface area contributed by atoms with Crippen molar-refractivity contribution in [2.45, 2.75) is 62.7 Å². The molecule has 0 heterocycles. The molecule has 4 atom stereocenters. The summed E-state index contributed by atoms with van der Waals surface area (Å²) in [5, 5.41) is 16.7. The van der Waals surface area contributed by atoms with E-state index in [1.54, 1.807) is 30.5 Å². The fourth-order valence-corrected chi connectivity index (χ4v) is 3.86. The van der Waals surface area contributed by atoms with Gasteiger partial charge in [0.2, 0.25) is 29.5 Å². The van der Waals surface area contributed by atoms with E-state index in [0.717, 1.165) is 5.56 Å². The van der Waals surface area contributed by atoms with Crippen molar-refractivity contribution in [2.24, 2.45) is 17.2 Å². The smallest absolute Gasteiger partial charge is 0.326 e. The largest absolute Gasteiger partial charge is 0.480 e. The second-order valence-corrected chi connectivity index (χ2v) is 9.60. The number of hydrogen-bond acceptors (Lipinski definition) is 8. The van der Waals surface area contributed by atoms with Gasteiger partial charge in [-0.2, -0.15) is 11.8 Å². The molecule has 0 saturated heterocycles. The fraction of sp³-hybridized carbons (Fsp3) is 0.500. The normalized spacial score (nSPS) is 13.8. The van der Waals surface area contributed by atoms with Crippen molar-refractivity contribution in [2.75, 3.05) is 12.0 Å². The number of aliphatic carboxylic acids is 1. The van der Waals surface area contributed by atoms with E-state index in [9.17, 15) is 33.9 Å². The predicted octanol–water partition coefficient (Wildman–Crippen LogP) is -1.62. The van der Waals surface area contributed by atoms with Crippen molar-refractivity contribution in [1.29, 1.82) is 0 Å². The van der Waals surface area contributed by atoms with E-state index in [2.05, 4.69) is 16.0 Å². The zero-order valence-corrected chi connectivity index (χ0v) is 22.0. The van der Waals surface area contributed by atoms with E-state index >= 15 is 0 Å². The number of nitrogens with one attached hydrogen (secondary N) is 3. The van der Waals surface area contributed by atoms with E-state index in [1.807, 2.05) is 6.07 Å². The number of carbonyl (C=O) groups is 6. The van der Waals surface area contributed by atoms with Crippen LogP contribution in [0.4, 0.5) is 0 Å². The average Bonchev–Trinajstić information content (AvgIpc) is 2.86. The van der Waals surface area contributed by atoms with Gasteiger partial charge >= 0.3 is 5.97 Å². The minimum Gasteiger partial charge on any atom is -0.480 e. The van der Waals surface area contributed by atoms with Crippen LogP contribution in [0.25, 0.3) is 0 Å². The van der Waals surface area contributed by atoms with Crippen LogP contribution < -0.4 is 33.2 Å². The summed E-state index contributed by atoms with van der Waals surface area (Å²) in [6.07, 6.45) is 1.29. The Morgan fingerprint density at radius 1 is 0.789 bits per heavy atom. The van der Waals surface area contributed by atoms with Crippen LogP contribution in [0, 0.1) is 0 Å². The summed E-state index contributed by atoms with van der Waals surface area (Å²) >= 11 is 1.40. The van der Waals surface area contributed by atoms with Gasteiger partial charge in [0.25, 0.3) is 0 Å². The minimum absolute atomic E-state index is 0.141. The van der Waals surface area contributed by atoms with Crippen molar-refractivity contribution >= 4 is 47.3 Å². The van der Waals surface area contributed by atoms with E-state index < -0.39 is 59.7 Å². The third kappa shape index (κ3) is 12.5. The quantitative estimate of drug-likeness (QED) is 0.111. The molecule has 1 aromatic carbocycles. The Kier molecular flexibility index (Phi) is 14.5. The average molecular weight is 553 g/mol. The molecule has 0 saturated carbocycles. The van der Waals surface area contributed by atoms with Gasteiger partial charge in [-0.25, -0.2) is 4.79 Å². The van der Waals surface area contributed by atoms with Crippen LogP contribution in [-0.4, -0.2) is 76.8 Å².